The van der Waals surface area contributed by atoms with Crippen LogP contribution in [-0.2, 0) is 0 Å². The number of rotatable bonds is 5. The van der Waals surface area contributed by atoms with Crippen LogP contribution in [0.15, 0.2) is 27.1 Å². The van der Waals surface area contributed by atoms with Gasteiger partial charge in [-0.2, -0.15) is 0 Å². The van der Waals surface area contributed by atoms with Crippen molar-refractivity contribution in [3.8, 4) is 0 Å². The molecule has 0 radical (unpaired) electrons. The van der Waals surface area contributed by atoms with Crippen molar-refractivity contribution in [1.29, 1.82) is 0 Å². The van der Waals surface area contributed by atoms with E-state index in [4.69, 9.17) is 0 Å². The van der Waals surface area contributed by atoms with Crippen LogP contribution in [0.5, 0.6) is 0 Å². The fourth-order valence-electron chi connectivity index (χ4n) is 3.26. The molecular weight excluding hydrogens is 274 g/mol. The van der Waals surface area contributed by atoms with Gasteiger partial charge in [-0.1, -0.05) is 12.2 Å². The topological polar surface area (TPSA) is 52.4 Å². The quantitative estimate of drug-likeness (QED) is 0.481. The van der Waals surface area contributed by atoms with Gasteiger partial charge >= 0.3 is 0 Å². The summed E-state index contributed by atoms with van der Waals surface area (Å²) >= 11 is 0. The molecule has 5 heteroatoms. The van der Waals surface area contributed by atoms with E-state index in [9.17, 15) is 0 Å². The monoisotopic (exact) mass is 303 g/mol. The van der Waals surface area contributed by atoms with Crippen LogP contribution in [0, 0.1) is 5.41 Å². The van der Waals surface area contributed by atoms with E-state index in [2.05, 4.69) is 44.9 Å². The molecule has 2 saturated heterocycles. The minimum atomic E-state index is 0.0162. The normalized spacial score (nSPS) is 24.7. The number of hydrogen-bond acceptors (Lipinski definition) is 3. The number of likely N-dealkylation sites (tertiary alicyclic amines) is 1. The standard InChI is InChI=1S/C17H29N5/c1-5-6-14(2)20-13-21-16(15(3)18-4)22-11-17(12-22)7-9-19-10-8-17/h5-6,13-15,19H,4,7-12H2,1-3H3/b6-5-,20-13-,21-16+. The summed E-state index contributed by atoms with van der Waals surface area (Å²) in [6, 6.07) is 0.177. The van der Waals surface area contributed by atoms with Crippen LogP contribution in [0.1, 0.15) is 33.6 Å². The van der Waals surface area contributed by atoms with Gasteiger partial charge in [-0.05, 0) is 53.4 Å². The van der Waals surface area contributed by atoms with E-state index in [-0.39, 0.29) is 12.1 Å². The first-order valence-corrected chi connectivity index (χ1v) is 8.24. The highest BCUT2D eigenvalue weighted by molar-refractivity contribution is 5.93. The number of hydrogen-bond donors (Lipinski definition) is 1. The lowest BCUT2D eigenvalue weighted by Crippen LogP contribution is -2.62. The number of amidine groups is 1. The number of piperidine rings is 1. The molecule has 0 amide bonds. The third-order valence-corrected chi connectivity index (χ3v) is 4.65. The molecule has 2 aliphatic rings. The first-order chi connectivity index (χ1) is 10.6. The van der Waals surface area contributed by atoms with Crippen LogP contribution >= 0.6 is 0 Å². The van der Waals surface area contributed by atoms with Crippen molar-refractivity contribution < 1.29 is 0 Å². The lowest BCUT2D eigenvalue weighted by molar-refractivity contribution is 0.0256. The van der Waals surface area contributed by atoms with Gasteiger partial charge in [0.15, 0.2) is 0 Å². The maximum absolute atomic E-state index is 4.58. The number of nitrogens with zero attached hydrogens (tertiary/aromatic N) is 4. The second kappa shape index (κ2) is 7.68. The second-order valence-electron chi connectivity index (χ2n) is 6.48. The van der Waals surface area contributed by atoms with Gasteiger partial charge in [-0.25, -0.2) is 4.99 Å². The van der Waals surface area contributed by atoms with E-state index < -0.39 is 0 Å². The number of nitrogens with one attached hydrogen (secondary N) is 1. The summed E-state index contributed by atoms with van der Waals surface area (Å²) in [5.74, 6) is 0.996. The van der Waals surface area contributed by atoms with Crippen molar-refractivity contribution in [1.82, 2.24) is 10.2 Å². The second-order valence-corrected chi connectivity index (χ2v) is 6.48. The molecule has 2 heterocycles. The van der Waals surface area contributed by atoms with Gasteiger partial charge < -0.3 is 10.2 Å². The fourth-order valence-corrected chi connectivity index (χ4v) is 3.26. The summed E-state index contributed by atoms with van der Waals surface area (Å²) in [7, 11) is 0. The van der Waals surface area contributed by atoms with E-state index in [0.717, 1.165) is 32.0 Å². The van der Waals surface area contributed by atoms with Crippen LogP contribution < -0.4 is 5.32 Å². The van der Waals surface area contributed by atoms with Gasteiger partial charge in [0.25, 0.3) is 0 Å². The van der Waals surface area contributed by atoms with Gasteiger partial charge in [0.1, 0.15) is 18.2 Å². The third-order valence-electron chi connectivity index (χ3n) is 4.65. The molecule has 22 heavy (non-hydrogen) atoms. The average Bonchev–Trinajstić information content (AvgIpc) is 2.50. The average molecular weight is 303 g/mol. The molecule has 0 bridgehead atoms. The lowest BCUT2D eigenvalue weighted by Gasteiger charge is -2.54. The molecule has 0 aromatic rings. The Labute approximate surface area is 134 Å². The fraction of sp³-hybridized carbons (Fsp3) is 0.706. The van der Waals surface area contributed by atoms with Crippen LogP contribution in [0.3, 0.4) is 0 Å². The molecule has 0 saturated carbocycles. The van der Waals surface area contributed by atoms with E-state index in [1.165, 1.54) is 12.8 Å². The van der Waals surface area contributed by atoms with E-state index in [1.54, 1.807) is 6.34 Å². The Morgan fingerprint density at radius 1 is 1.27 bits per heavy atom. The highest BCUT2D eigenvalue weighted by Crippen LogP contribution is 2.39. The Morgan fingerprint density at radius 3 is 2.55 bits per heavy atom. The largest absolute Gasteiger partial charge is 0.357 e. The maximum atomic E-state index is 4.58. The molecule has 0 aromatic heterocycles. The Bertz CT molecular complexity index is 452. The summed E-state index contributed by atoms with van der Waals surface area (Å²) in [4.78, 5) is 15.5. The van der Waals surface area contributed by atoms with Gasteiger partial charge in [0, 0.05) is 18.5 Å². The molecule has 1 spiro atoms. The highest BCUT2D eigenvalue weighted by atomic mass is 15.3. The molecule has 2 unspecified atom stereocenters. The lowest BCUT2D eigenvalue weighted by atomic mass is 9.72. The zero-order valence-corrected chi connectivity index (χ0v) is 14.1. The SMILES string of the molecule is C=NC(C)/C(=N\C=N/C(C)/C=C\C)N1CC2(CCNCC2)C1. The minimum absolute atomic E-state index is 0.0162. The van der Waals surface area contributed by atoms with E-state index in [0.29, 0.717) is 5.41 Å². The number of aliphatic imine (C=N–C) groups is 3. The van der Waals surface area contributed by atoms with Crippen molar-refractivity contribution >= 4 is 18.9 Å². The van der Waals surface area contributed by atoms with Crippen LogP contribution in [0.4, 0.5) is 0 Å². The molecular formula is C17H29N5. The molecule has 122 valence electrons. The molecule has 1 N–H and O–H groups in total. The predicted octanol–water partition coefficient (Wildman–Crippen LogP) is 2.15. The zero-order valence-electron chi connectivity index (χ0n) is 14.1. The van der Waals surface area contributed by atoms with Crippen molar-refractivity contribution in [3.05, 3.63) is 12.2 Å². The first kappa shape index (κ1) is 16.9. The van der Waals surface area contributed by atoms with Crippen molar-refractivity contribution in [2.45, 2.75) is 45.7 Å². The first-order valence-electron chi connectivity index (χ1n) is 8.24. The molecule has 2 fully saturated rings. The van der Waals surface area contributed by atoms with Crippen molar-refractivity contribution in [3.63, 3.8) is 0 Å². The third kappa shape index (κ3) is 4.03. The Balaban J connectivity index is 2.00. The van der Waals surface area contributed by atoms with E-state index in [1.807, 2.05) is 19.9 Å². The Hall–Kier alpha value is -1.49. The van der Waals surface area contributed by atoms with Crippen molar-refractivity contribution in [2.24, 2.45) is 20.4 Å². The summed E-state index contributed by atoms with van der Waals surface area (Å²) in [6.45, 7) is 14.2. The Kier molecular flexibility index (Phi) is 5.89. The van der Waals surface area contributed by atoms with Crippen LogP contribution in [-0.4, -0.2) is 62.1 Å². The Morgan fingerprint density at radius 2 is 1.95 bits per heavy atom. The molecule has 0 aromatic carbocycles. The van der Waals surface area contributed by atoms with E-state index >= 15 is 0 Å². The van der Waals surface area contributed by atoms with Crippen LogP contribution in [0.2, 0.25) is 0 Å². The maximum Gasteiger partial charge on any atom is 0.131 e. The zero-order chi connectivity index (χ0) is 16.0. The highest BCUT2D eigenvalue weighted by Gasteiger charge is 2.45. The summed E-state index contributed by atoms with van der Waals surface area (Å²) in [5.41, 5.74) is 0.488. The van der Waals surface area contributed by atoms with Gasteiger partial charge in [0.05, 0.1) is 6.04 Å². The number of allylic oxidation sites excluding steroid dienone is 1. The molecule has 2 aliphatic heterocycles. The van der Waals surface area contributed by atoms with Gasteiger partial charge in [0.2, 0.25) is 0 Å². The minimum Gasteiger partial charge on any atom is -0.357 e. The molecule has 5 nitrogen and oxygen atoms in total. The predicted molar refractivity (Wildman–Crippen MR) is 95.3 cm³/mol. The van der Waals surface area contributed by atoms with Crippen molar-refractivity contribution in [2.75, 3.05) is 26.2 Å². The molecule has 0 aliphatic carbocycles. The summed E-state index contributed by atoms with van der Waals surface area (Å²) in [6.07, 6.45) is 8.26. The molecule has 2 rings (SSSR count). The smallest absolute Gasteiger partial charge is 0.131 e. The summed E-state index contributed by atoms with van der Waals surface area (Å²) < 4.78 is 0. The van der Waals surface area contributed by atoms with Gasteiger partial charge in [-0.3, -0.25) is 9.98 Å². The summed E-state index contributed by atoms with van der Waals surface area (Å²) in [5, 5.41) is 3.44. The van der Waals surface area contributed by atoms with Gasteiger partial charge in [-0.15, -0.1) is 0 Å². The molecule has 2 atom stereocenters. The van der Waals surface area contributed by atoms with Crippen LogP contribution in [0.25, 0.3) is 0 Å².